The molecule has 0 heterocycles. The highest BCUT2D eigenvalue weighted by Crippen LogP contribution is 2.37. The minimum absolute atomic E-state index is 0.00453. The highest BCUT2D eigenvalue weighted by Gasteiger charge is 2.22. The van der Waals surface area contributed by atoms with Gasteiger partial charge in [0.2, 0.25) is 5.75 Å². The van der Waals surface area contributed by atoms with Gasteiger partial charge in [-0.25, -0.2) is 0 Å². The maximum absolute atomic E-state index is 12.5. The Labute approximate surface area is 196 Å². The van der Waals surface area contributed by atoms with Crippen molar-refractivity contribution in [3.05, 3.63) is 97.1 Å². The van der Waals surface area contributed by atoms with Gasteiger partial charge in [0, 0.05) is 22.3 Å². The molecule has 0 bridgehead atoms. The molecule has 34 heavy (non-hydrogen) atoms. The lowest BCUT2D eigenvalue weighted by Crippen LogP contribution is -2.13. The lowest BCUT2D eigenvalue weighted by atomic mass is 10.1. The summed E-state index contributed by atoms with van der Waals surface area (Å²) in [6.45, 7) is 0. The number of amides is 1. The zero-order chi connectivity index (χ0) is 24.8. The first-order chi connectivity index (χ1) is 16.2. The van der Waals surface area contributed by atoms with Crippen LogP contribution >= 0.6 is 11.6 Å². The number of phenolic OH excluding ortho intramolecular Hbond substituents is 1. The smallest absolute Gasteiger partial charge is 0.318 e. The molecular formula is C22H13ClN4O7. The molecular weight excluding hydrogens is 468 g/mol. The Morgan fingerprint density at radius 3 is 2.32 bits per heavy atom. The van der Waals surface area contributed by atoms with Gasteiger partial charge in [-0.1, -0.05) is 11.6 Å². The summed E-state index contributed by atoms with van der Waals surface area (Å²) in [7, 11) is 0. The van der Waals surface area contributed by atoms with Crippen LogP contribution < -0.4 is 10.1 Å². The summed E-state index contributed by atoms with van der Waals surface area (Å²) in [4.78, 5) is 33.3. The number of halogens is 1. The van der Waals surface area contributed by atoms with Gasteiger partial charge in [0.15, 0.2) is 0 Å². The molecule has 0 saturated carbocycles. The quantitative estimate of drug-likeness (QED) is 0.153. The minimum atomic E-state index is -0.834. The Morgan fingerprint density at radius 2 is 1.71 bits per heavy atom. The van der Waals surface area contributed by atoms with Gasteiger partial charge in [0.05, 0.1) is 15.9 Å². The van der Waals surface area contributed by atoms with Crippen molar-refractivity contribution >= 4 is 40.6 Å². The SMILES string of the molecule is N#C/C(=C\c1cc(Cl)ccc1Oc1ccc([N+](=O)[O-])cc1[N+](=O)[O-])C(=O)Nc1ccc(O)cc1. The molecule has 0 spiro atoms. The first-order valence-electron chi connectivity index (χ1n) is 9.30. The molecule has 0 radical (unpaired) electrons. The molecule has 0 unspecified atom stereocenters. The van der Waals surface area contributed by atoms with Crippen molar-refractivity contribution in [2.45, 2.75) is 0 Å². The van der Waals surface area contributed by atoms with Gasteiger partial charge in [0.1, 0.15) is 23.1 Å². The maximum Gasteiger partial charge on any atom is 0.318 e. The Kier molecular flexibility index (Phi) is 7.05. The van der Waals surface area contributed by atoms with Crippen LogP contribution in [0.4, 0.5) is 17.1 Å². The minimum Gasteiger partial charge on any atom is -0.508 e. The topological polar surface area (TPSA) is 169 Å². The number of ether oxygens (including phenoxy) is 1. The van der Waals surface area contributed by atoms with Crippen molar-refractivity contribution in [2.75, 3.05) is 5.32 Å². The van der Waals surface area contributed by atoms with E-state index in [1.54, 1.807) is 6.07 Å². The molecule has 1 amide bonds. The molecule has 0 aromatic heterocycles. The molecule has 0 atom stereocenters. The molecule has 0 aliphatic rings. The number of nitro benzene ring substituents is 2. The van der Waals surface area contributed by atoms with Crippen LogP contribution in [0.1, 0.15) is 5.56 Å². The van der Waals surface area contributed by atoms with Crippen LogP contribution in [0.3, 0.4) is 0 Å². The monoisotopic (exact) mass is 480 g/mol. The molecule has 0 aliphatic heterocycles. The van der Waals surface area contributed by atoms with Crippen LogP contribution in [0, 0.1) is 31.6 Å². The fourth-order valence-corrected chi connectivity index (χ4v) is 2.92. The van der Waals surface area contributed by atoms with E-state index in [1.807, 2.05) is 0 Å². The van der Waals surface area contributed by atoms with Crippen molar-refractivity contribution in [3.8, 4) is 23.3 Å². The van der Waals surface area contributed by atoms with Crippen LogP contribution in [0.25, 0.3) is 6.08 Å². The Balaban J connectivity index is 1.97. The third kappa shape index (κ3) is 5.64. The van der Waals surface area contributed by atoms with Crippen LogP contribution in [-0.2, 0) is 4.79 Å². The summed E-state index contributed by atoms with van der Waals surface area (Å²) in [5, 5.41) is 43.9. The number of anilines is 1. The first-order valence-corrected chi connectivity index (χ1v) is 9.68. The molecule has 3 aromatic rings. The van der Waals surface area contributed by atoms with E-state index < -0.39 is 27.1 Å². The summed E-state index contributed by atoms with van der Waals surface area (Å²) in [6.07, 6.45) is 1.17. The predicted octanol–water partition coefficient (Wildman–Crippen LogP) is 5.20. The van der Waals surface area contributed by atoms with Crippen molar-refractivity contribution in [3.63, 3.8) is 0 Å². The highest BCUT2D eigenvalue weighted by molar-refractivity contribution is 6.30. The van der Waals surface area contributed by atoms with Gasteiger partial charge < -0.3 is 15.2 Å². The average Bonchev–Trinajstić information content (AvgIpc) is 2.80. The number of aromatic hydroxyl groups is 1. The molecule has 11 nitrogen and oxygen atoms in total. The molecule has 0 saturated heterocycles. The maximum atomic E-state index is 12.5. The van der Waals surface area contributed by atoms with Gasteiger partial charge >= 0.3 is 5.69 Å². The number of rotatable bonds is 7. The Bertz CT molecular complexity index is 1360. The largest absolute Gasteiger partial charge is 0.508 e. The normalized spacial score (nSPS) is 10.8. The van der Waals surface area contributed by atoms with Gasteiger partial charge in [-0.2, -0.15) is 5.26 Å². The number of carbonyl (C=O) groups excluding carboxylic acids is 1. The lowest BCUT2D eigenvalue weighted by Gasteiger charge is -2.10. The number of benzene rings is 3. The van der Waals surface area contributed by atoms with Crippen molar-refractivity contribution in [1.82, 2.24) is 0 Å². The number of non-ortho nitro benzene ring substituents is 1. The zero-order valence-electron chi connectivity index (χ0n) is 17.0. The number of phenols is 1. The second-order valence-electron chi connectivity index (χ2n) is 6.62. The van der Waals surface area contributed by atoms with E-state index in [-0.39, 0.29) is 33.4 Å². The molecule has 170 valence electrons. The standard InChI is InChI=1S/C22H13ClN4O7/c23-15-1-7-20(34-21-8-4-17(26(30)31)11-19(21)27(32)33)13(10-15)9-14(12-24)22(29)25-16-2-5-18(28)6-3-16/h1-11,28H,(H,25,29)/b14-9+. The van der Waals surface area contributed by atoms with Crippen molar-refractivity contribution < 1.29 is 24.5 Å². The van der Waals surface area contributed by atoms with Crippen LogP contribution in [0.2, 0.25) is 5.02 Å². The van der Waals surface area contributed by atoms with E-state index in [1.165, 1.54) is 48.5 Å². The first kappa shape index (κ1) is 23.7. The Hall–Kier alpha value is -4.95. The number of nitrogens with one attached hydrogen (secondary N) is 1. The van der Waals surface area contributed by atoms with Gasteiger partial charge in [-0.15, -0.1) is 0 Å². The number of carbonyl (C=O) groups is 1. The van der Waals surface area contributed by atoms with Crippen molar-refractivity contribution in [1.29, 1.82) is 5.26 Å². The number of hydrogen-bond acceptors (Lipinski definition) is 8. The number of nitriles is 1. The molecule has 0 fully saturated rings. The lowest BCUT2D eigenvalue weighted by molar-refractivity contribution is -0.394. The van der Waals surface area contributed by atoms with Crippen molar-refractivity contribution in [2.24, 2.45) is 0 Å². The summed E-state index contributed by atoms with van der Waals surface area (Å²) >= 11 is 6.03. The summed E-state index contributed by atoms with van der Waals surface area (Å²) < 4.78 is 5.61. The molecule has 12 heteroatoms. The number of nitrogens with zero attached hydrogens (tertiary/aromatic N) is 3. The Morgan fingerprint density at radius 1 is 1.03 bits per heavy atom. The predicted molar refractivity (Wildman–Crippen MR) is 122 cm³/mol. The number of hydrogen-bond donors (Lipinski definition) is 2. The molecule has 2 N–H and O–H groups in total. The molecule has 3 aromatic carbocycles. The van der Waals surface area contributed by atoms with Crippen LogP contribution in [-0.4, -0.2) is 20.9 Å². The fourth-order valence-electron chi connectivity index (χ4n) is 2.74. The summed E-state index contributed by atoms with van der Waals surface area (Å²) in [6, 6.07) is 14.4. The molecule has 3 rings (SSSR count). The van der Waals surface area contributed by atoms with E-state index in [9.17, 15) is 35.4 Å². The van der Waals surface area contributed by atoms with Gasteiger partial charge in [0.25, 0.3) is 11.6 Å². The van der Waals surface area contributed by atoms with E-state index in [0.717, 1.165) is 18.2 Å². The average molecular weight is 481 g/mol. The second kappa shape index (κ2) is 10.1. The van der Waals surface area contributed by atoms with Crippen LogP contribution in [0.15, 0.2) is 66.2 Å². The fraction of sp³-hybridized carbons (Fsp3) is 0. The van der Waals surface area contributed by atoms with Gasteiger partial charge in [-0.3, -0.25) is 25.0 Å². The molecule has 0 aliphatic carbocycles. The third-order valence-corrected chi connectivity index (χ3v) is 4.57. The summed E-state index contributed by atoms with van der Waals surface area (Å²) in [5.74, 6) is -1.05. The summed E-state index contributed by atoms with van der Waals surface area (Å²) in [5.41, 5.74) is -0.999. The van der Waals surface area contributed by atoms with Crippen LogP contribution in [0.5, 0.6) is 17.2 Å². The highest BCUT2D eigenvalue weighted by atomic mass is 35.5. The van der Waals surface area contributed by atoms with E-state index in [2.05, 4.69) is 5.32 Å². The van der Waals surface area contributed by atoms with E-state index in [0.29, 0.717) is 5.69 Å². The van der Waals surface area contributed by atoms with E-state index >= 15 is 0 Å². The second-order valence-corrected chi connectivity index (χ2v) is 7.06. The zero-order valence-corrected chi connectivity index (χ0v) is 17.7. The third-order valence-electron chi connectivity index (χ3n) is 4.33. The van der Waals surface area contributed by atoms with Gasteiger partial charge in [-0.05, 0) is 54.6 Å². The van der Waals surface area contributed by atoms with E-state index in [4.69, 9.17) is 16.3 Å². The number of nitro groups is 2.